The third-order valence-electron chi connectivity index (χ3n) is 3.93. The van der Waals surface area contributed by atoms with Crippen LogP contribution in [0.1, 0.15) is 42.3 Å². The standard InChI is InChI=1S/C21H26N2O5S/c1-13(2)23-29(26,27)19-8-6-18(7-9-19)22-20(24)16(5)28-21(25)17-11-14(3)10-15(4)12-17/h6-13,16,23H,1-5H3,(H,22,24)/t16-/m0/s1. The van der Waals surface area contributed by atoms with Gasteiger partial charge in [0.05, 0.1) is 10.5 Å². The van der Waals surface area contributed by atoms with E-state index in [1.807, 2.05) is 19.9 Å². The number of carbonyl (C=O) groups is 2. The van der Waals surface area contributed by atoms with Crippen LogP contribution in [0.2, 0.25) is 0 Å². The Morgan fingerprint density at radius 3 is 2.00 bits per heavy atom. The molecule has 1 amide bonds. The third kappa shape index (κ3) is 6.40. The van der Waals surface area contributed by atoms with E-state index in [2.05, 4.69) is 10.0 Å². The highest BCUT2D eigenvalue weighted by atomic mass is 32.2. The number of amides is 1. The van der Waals surface area contributed by atoms with Crippen molar-refractivity contribution >= 4 is 27.6 Å². The molecule has 0 aromatic heterocycles. The zero-order valence-electron chi connectivity index (χ0n) is 17.1. The molecule has 1 atom stereocenters. The van der Waals surface area contributed by atoms with Gasteiger partial charge in [0, 0.05) is 11.7 Å². The van der Waals surface area contributed by atoms with Crippen molar-refractivity contribution in [2.45, 2.75) is 51.7 Å². The molecule has 2 aromatic carbocycles. The molecule has 0 saturated carbocycles. The fourth-order valence-electron chi connectivity index (χ4n) is 2.71. The predicted octanol–water partition coefficient (Wildman–Crippen LogP) is 3.17. The zero-order chi connectivity index (χ0) is 21.8. The van der Waals surface area contributed by atoms with E-state index in [0.29, 0.717) is 11.3 Å². The molecule has 8 heteroatoms. The highest BCUT2D eigenvalue weighted by Gasteiger charge is 2.20. The van der Waals surface area contributed by atoms with Crippen molar-refractivity contribution in [3.05, 3.63) is 59.2 Å². The summed E-state index contributed by atoms with van der Waals surface area (Å²) < 4.78 is 32.0. The van der Waals surface area contributed by atoms with Gasteiger partial charge in [0.25, 0.3) is 5.91 Å². The van der Waals surface area contributed by atoms with Gasteiger partial charge in [0.1, 0.15) is 0 Å². The monoisotopic (exact) mass is 418 g/mol. The summed E-state index contributed by atoms with van der Waals surface area (Å²) in [7, 11) is -3.61. The average Bonchev–Trinajstić information content (AvgIpc) is 2.60. The lowest BCUT2D eigenvalue weighted by molar-refractivity contribution is -0.123. The van der Waals surface area contributed by atoms with E-state index < -0.39 is 28.0 Å². The number of aryl methyl sites for hydroxylation is 2. The van der Waals surface area contributed by atoms with Crippen molar-refractivity contribution in [2.75, 3.05) is 5.32 Å². The van der Waals surface area contributed by atoms with Crippen LogP contribution in [0.5, 0.6) is 0 Å². The lowest BCUT2D eigenvalue weighted by atomic mass is 10.1. The summed E-state index contributed by atoms with van der Waals surface area (Å²) in [5, 5.41) is 2.61. The Morgan fingerprint density at radius 2 is 1.48 bits per heavy atom. The molecule has 0 aliphatic heterocycles. The van der Waals surface area contributed by atoms with Crippen LogP contribution in [-0.2, 0) is 19.6 Å². The SMILES string of the molecule is Cc1cc(C)cc(C(=O)O[C@@H](C)C(=O)Nc2ccc(S(=O)(=O)NC(C)C)cc2)c1. The average molecular weight is 419 g/mol. The fraction of sp³-hybridized carbons (Fsp3) is 0.333. The molecule has 0 aliphatic carbocycles. The van der Waals surface area contributed by atoms with Gasteiger partial charge in [-0.25, -0.2) is 17.9 Å². The molecule has 0 radical (unpaired) electrons. The molecule has 156 valence electrons. The topological polar surface area (TPSA) is 102 Å². The molecule has 2 rings (SSSR count). The molecule has 0 heterocycles. The van der Waals surface area contributed by atoms with Crippen LogP contribution in [-0.4, -0.2) is 32.4 Å². The van der Waals surface area contributed by atoms with Crippen molar-refractivity contribution in [3.8, 4) is 0 Å². The maximum atomic E-state index is 12.3. The molecule has 0 aliphatic rings. The molecule has 2 N–H and O–H groups in total. The second kappa shape index (κ2) is 9.19. The van der Waals surface area contributed by atoms with Crippen LogP contribution in [0.25, 0.3) is 0 Å². The van der Waals surface area contributed by atoms with Gasteiger partial charge in [-0.2, -0.15) is 0 Å². The van der Waals surface area contributed by atoms with Gasteiger partial charge in [-0.15, -0.1) is 0 Å². The fourth-order valence-corrected chi connectivity index (χ4v) is 3.97. The van der Waals surface area contributed by atoms with Crippen LogP contribution in [0.3, 0.4) is 0 Å². The Morgan fingerprint density at radius 1 is 0.931 bits per heavy atom. The first-order valence-electron chi connectivity index (χ1n) is 9.20. The Hall–Kier alpha value is -2.71. The molecular weight excluding hydrogens is 392 g/mol. The molecule has 29 heavy (non-hydrogen) atoms. The number of nitrogens with one attached hydrogen (secondary N) is 2. The lowest BCUT2D eigenvalue weighted by Crippen LogP contribution is -2.30. The van der Waals surface area contributed by atoms with Crippen LogP contribution in [0.4, 0.5) is 5.69 Å². The summed E-state index contributed by atoms with van der Waals surface area (Å²) in [5.74, 6) is -1.10. The van der Waals surface area contributed by atoms with Crippen LogP contribution in [0.15, 0.2) is 47.4 Å². The van der Waals surface area contributed by atoms with E-state index in [1.54, 1.807) is 26.0 Å². The van der Waals surface area contributed by atoms with Crippen LogP contribution >= 0.6 is 0 Å². The molecule has 7 nitrogen and oxygen atoms in total. The highest BCUT2D eigenvalue weighted by molar-refractivity contribution is 7.89. The van der Waals surface area contributed by atoms with Gasteiger partial charge in [-0.1, -0.05) is 17.2 Å². The molecule has 0 spiro atoms. The maximum absolute atomic E-state index is 12.3. The number of hydrogen-bond acceptors (Lipinski definition) is 5. The van der Waals surface area contributed by atoms with Crippen LogP contribution in [0, 0.1) is 13.8 Å². The summed E-state index contributed by atoms with van der Waals surface area (Å²) in [4.78, 5) is 24.7. The Kier molecular flexibility index (Phi) is 7.16. The van der Waals surface area contributed by atoms with Gasteiger partial charge in [-0.3, -0.25) is 4.79 Å². The number of carbonyl (C=O) groups excluding carboxylic acids is 2. The maximum Gasteiger partial charge on any atom is 0.338 e. The molecule has 0 unspecified atom stereocenters. The predicted molar refractivity (Wildman–Crippen MR) is 111 cm³/mol. The Bertz CT molecular complexity index is 978. The minimum absolute atomic E-state index is 0.0958. The number of rotatable bonds is 7. The first-order valence-corrected chi connectivity index (χ1v) is 10.7. The van der Waals surface area contributed by atoms with E-state index >= 15 is 0 Å². The third-order valence-corrected chi connectivity index (χ3v) is 5.61. The van der Waals surface area contributed by atoms with Crippen LogP contribution < -0.4 is 10.0 Å². The minimum Gasteiger partial charge on any atom is -0.449 e. The first kappa shape index (κ1) is 22.6. The van der Waals surface area contributed by atoms with Crippen molar-refractivity contribution in [2.24, 2.45) is 0 Å². The number of benzene rings is 2. The highest BCUT2D eigenvalue weighted by Crippen LogP contribution is 2.16. The lowest BCUT2D eigenvalue weighted by Gasteiger charge is -2.14. The van der Waals surface area contributed by atoms with Crippen molar-refractivity contribution in [1.29, 1.82) is 0 Å². The first-order chi connectivity index (χ1) is 13.5. The largest absolute Gasteiger partial charge is 0.449 e. The van der Waals surface area contributed by atoms with Crippen molar-refractivity contribution in [3.63, 3.8) is 0 Å². The minimum atomic E-state index is -3.61. The number of ether oxygens (including phenoxy) is 1. The molecule has 0 fully saturated rings. The Labute approximate surface area is 171 Å². The van der Waals surface area contributed by atoms with Gasteiger partial charge >= 0.3 is 5.97 Å². The number of esters is 1. The molecule has 0 saturated heterocycles. The van der Waals surface area contributed by atoms with Gasteiger partial charge in [0.2, 0.25) is 10.0 Å². The van der Waals surface area contributed by atoms with Gasteiger partial charge in [0.15, 0.2) is 6.10 Å². The second-order valence-electron chi connectivity index (χ2n) is 7.21. The van der Waals surface area contributed by atoms with E-state index in [1.165, 1.54) is 31.2 Å². The normalized spacial score (nSPS) is 12.5. The van der Waals surface area contributed by atoms with Gasteiger partial charge in [-0.05, 0) is 71.0 Å². The molecular formula is C21H26N2O5S. The van der Waals surface area contributed by atoms with Gasteiger partial charge < -0.3 is 10.1 Å². The quantitative estimate of drug-likeness (QED) is 0.673. The number of sulfonamides is 1. The van der Waals surface area contributed by atoms with Crippen molar-refractivity contribution in [1.82, 2.24) is 4.72 Å². The summed E-state index contributed by atoms with van der Waals surface area (Å²) in [6.07, 6.45) is -1.02. The number of hydrogen-bond donors (Lipinski definition) is 2. The summed E-state index contributed by atoms with van der Waals surface area (Å²) in [5.41, 5.74) is 2.63. The Balaban J connectivity index is 2.01. The van der Waals surface area contributed by atoms with E-state index in [4.69, 9.17) is 4.74 Å². The van der Waals surface area contributed by atoms with Crippen molar-refractivity contribution < 1.29 is 22.7 Å². The summed E-state index contributed by atoms with van der Waals surface area (Å²) in [6, 6.07) is 10.9. The van der Waals surface area contributed by atoms with E-state index in [-0.39, 0.29) is 10.9 Å². The van der Waals surface area contributed by atoms with E-state index in [9.17, 15) is 18.0 Å². The second-order valence-corrected chi connectivity index (χ2v) is 8.93. The summed E-state index contributed by atoms with van der Waals surface area (Å²) in [6.45, 7) is 8.68. The smallest absolute Gasteiger partial charge is 0.338 e. The zero-order valence-corrected chi connectivity index (χ0v) is 18.0. The molecule has 2 aromatic rings. The van der Waals surface area contributed by atoms with E-state index in [0.717, 1.165) is 11.1 Å². The summed E-state index contributed by atoms with van der Waals surface area (Å²) >= 11 is 0. The number of anilines is 1. The molecule has 0 bridgehead atoms.